The normalized spacial score (nSPS) is 16.8. The molecule has 0 radical (unpaired) electrons. The summed E-state index contributed by atoms with van der Waals surface area (Å²) < 4.78 is 7.30. The van der Waals surface area contributed by atoms with Crippen LogP contribution in [0.15, 0.2) is 36.8 Å². The van der Waals surface area contributed by atoms with Crippen molar-refractivity contribution in [2.45, 2.75) is 12.4 Å². The van der Waals surface area contributed by atoms with E-state index in [0.717, 1.165) is 28.3 Å². The summed E-state index contributed by atoms with van der Waals surface area (Å²) in [7, 11) is 0. The third-order valence-electron chi connectivity index (χ3n) is 4.20. The lowest BCUT2D eigenvalue weighted by Gasteiger charge is -2.16. The number of ether oxygens (including phenoxy) is 1. The Morgan fingerprint density at radius 3 is 2.96 bits per heavy atom. The van der Waals surface area contributed by atoms with E-state index in [1.807, 2.05) is 30.0 Å². The van der Waals surface area contributed by atoms with Gasteiger partial charge in [-0.15, -0.1) is 11.8 Å². The number of fused-ring (bicyclic) bond motifs is 1. The van der Waals surface area contributed by atoms with E-state index in [9.17, 15) is 10.4 Å². The molecule has 0 aliphatic carbocycles. The zero-order chi connectivity index (χ0) is 18.1. The van der Waals surface area contributed by atoms with Crippen LogP contribution in [0.5, 0.6) is 5.75 Å². The molecule has 3 aromatic rings. The van der Waals surface area contributed by atoms with Crippen molar-refractivity contribution in [1.82, 2.24) is 14.6 Å². The Morgan fingerprint density at radius 2 is 2.31 bits per heavy atom. The highest BCUT2D eigenvalue weighted by molar-refractivity contribution is 8.00. The van der Waals surface area contributed by atoms with Crippen molar-refractivity contribution in [3.63, 3.8) is 0 Å². The molecule has 4 heterocycles. The van der Waals surface area contributed by atoms with Crippen LogP contribution < -0.4 is 9.64 Å². The van der Waals surface area contributed by atoms with Crippen LogP contribution in [0.2, 0.25) is 0 Å². The van der Waals surface area contributed by atoms with Crippen LogP contribution in [0.25, 0.3) is 16.6 Å². The van der Waals surface area contributed by atoms with E-state index in [1.165, 1.54) is 11.8 Å². The Labute approximate surface area is 154 Å². The van der Waals surface area contributed by atoms with E-state index >= 15 is 0 Å². The molecular formula is C18H17N5O2S. The fourth-order valence-corrected chi connectivity index (χ4v) is 3.88. The molecule has 0 aromatic carbocycles. The predicted octanol–water partition coefficient (Wildman–Crippen LogP) is 2.50. The lowest BCUT2D eigenvalue weighted by Crippen LogP contribution is -2.21. The van der Waals surface area contributed by atoms with Gasteiger partial charge in [0.15, 0.2) is 0 Å². The van der Waals surface area contributed by atoms with Crippen molar-refractivity contribution in [2.24, 2.45) is 0 Å². The SMILES string of the molecule is CCOc1cc(-c2ccc(N3CS[C@H](O)C3)nc2)c2c(C#N)cnn2c1. The van der Waals surface area contributed by atoms with E-state index in [0.29, 0.717) is 24.5 Å². The van der Waals surface area contributed by atoms with Gasteiger partial charge in [-0.1, -0.05) is 0 Å². The van der Waals surface area contributed by atoms with E-state index < -0.39 is 0 Å². The minimum atomic E-state index is -0.371. The Hall–Kier alpha value is -2.76. The van der Waals surface area contributed by atoms with Crippen LogP contribution in [0.1, 0.15) is 12.5 Å². The van der Waals surface area contributed by atoms with Gasteiger partial charge in [-0.2, -0.15) is 10.4 Å². The fraction of sp³-hybridized carbons (Fsp3) is 0.278. The topological polar surface area (TPSA) is 86.7 Å². The van der Waals surface area contributed by atoms with Crippen LogP contribution in [-0.2, 0) is 0 Å². The van der Waals surface area contributed by atoms with Gasteiger partial charge >= 0.3 is 0 Å². The Bertz CT molecular complexity index is 980. The van der Waals surface area contributed by atoms with Crippen molar-refractivity contribution in [3.8, 4) is 22.9 Å². The van der Waals surface area contributed by atoms with Gasteiger partial charge in [-0.05, 0) is 25.1 Å². The zero-order valence-electron chi connectivity index (χ0n) is 14.2. The van der Waals surface area contributed by atoms with Crippen molar-refractivity contribution in [2.75, 3.05) is 23.9 Å². The number of thioether (sulfide) groups is 1. The monoisotopic (exact) mass is 367 g/mol. The first-order chi connectivity index (χ1) is 12.7. The van der Waals surface area contributed by atoms with Gasteiger partial charge in [0.25, 0.3) is 0 Å². The first kappa shape index (κ1) is 16.7. The Balaban J connectivity index is 1.77. The van der Waals surface area contributed by atoms with Crippen LogP contribution in [0, 0.1) is 11.3 Å². The van der Waals surface area contributed by atoms with Crippen LogP contribution in [0.4, 0.5) is 5.82 Å². The maximum Gasteiger partial charge on any atom is 0.138 e. The van der Waals surface area contributed by atoms with Gasteiger partial charge in [0.05, 0.1) is 42.5 Å². The summed E-state index contributed by atoms with van der Waals surface area (Å²) in [5.41, 5.74) is 2.59. The summed E-state index contributed by atoms with van der Waals surface area (Å²) >= 11 is 1.49. The van der Waals surface area contributed by atoms with Crippen molar-refractivity contribution < 1.29 is 9.84 Å². The second-order valence-corrected chi connectivity index (χ2v) is 7.00. The molecule has 8 heteroatoms. The molecule has 0 saturated carbocycles. The number of pyridine rings is 2. The number of hydrogen-bond acceptors (Lipinski definition) is 7. The first-order valence-corrected chi connectivity index (χ1v) is 9.30. The summed E-state index contributed by atoms with van der Waals surface area (Å²) in [6, 6.07) is 8.00. The highest BCUT2D eigenvalue weighted by Gasteiger charge is 2.22. The first-order valence-electron chi connectivity index (χ1n) is 8.25. The summed E-state index contributed by atoms with van der Waals surface area (Å²) in [6.45, 7) is 3.04. The number of hydrogen-bond donors (Lipinski definition) is 1. The number of nitriles is 1. The summed E-state index contributed by atoms with van der Waals surface area (Å²) in [5.74, 6) is 2.23. The van der Waals surface area contributed by atoms with E-state index in [-0.39, 0.29) is 5.44 Å². The lowest BCUT2D eigenvalue weighted by molar-refractivity contribution is 0.276. The molecule has 1 fully saturated rings. The smallest absolute Gasteiger partial charge is 0.138 e. The van der Waals surface area contributed by atoms with E-state index in [4.69, 9.17) is 4.74 Å². The van der Waals surface area contributed by atoms with Gasteiger partial charge in [0, 0.05) is 17.3 Å². The molecule has 3 aromatic heterocycles. The molecule has 26 heavy (non-hydrogen) atoms. The van der Waals surface area contributed by atoms with Gasteiger partial charge in [-0.3, -0.25) is 0 Å². The molecular weight excluding hydrogens is 350 g/mol. The van der Waals surface area contributed by atoms with Crippen molar-refractivity contribution in [1.29, 1.82) is 5.26 Å². The number of anilines is 1. The average Bonchev–Trinajstić information content (AvgIpc) is 3.27. The number of aliphatic hydroxyl groups is 1. The number of aromatic nitrogens is 3. The Morgan fingerprint density at radius 1 is 1.42 bits per heavy atom. The lowest BCUT2D eigenvalue weighted by atomic mass is 10.1. The Kier molecular flexibility index (Phi) is 4.41. The molecule has 4 rings (SSSR count). The second kappa shape index (κ2) is 6.86. The number of rotatable bonds is 4. The standard InChI is InChI=1S/C18H17N5O2S/c1-2-25-14-5-15(18-13(6-19)8-21-23(18)9-14)12-3-4-16(20-7-12)22-10-17(24)26-11-22/h3-5,7-9,17,24H,2,10-11H2,1H3/t17-/m0/s1. The number of aliphatic hydroxyl groups excluding tert-OH is 1. The zero-order valence-corrected chi connectivity index (χ0v) is 15.0. The predicted molar refractivity (Wildman–Crippen MR) is 100 cm³/mol. The van der Waals surface area contributed by atoms with Gasteiger partial charge in [0.2, 0.25) is 0 Å². The average molecular weight is 367 g/mol. The largest absolute Gasteiger partial charge is 0.492 e. The summed E-state index contributed by atoms with van der Waals surface area (Å²) in [6.07, 6.45) is 5.11. The molecule has 1 N–H and O–H groups in total. The molecule has 0 amide bonds. The van der Waals surface area contributed by atoms with E-state index in [1.54, 1.807) is 23.1 Å². The fourth-order valence-electron chi connectivity index (χ4n) is 3.01. The summed E-state index contributed by atoms with van der Waals surface area (Å²) in [5, 5.41) is 23.3. The highest BCUT2D eigenvalue weighted by atomic mass is 32.2. The number of β-amino-alcohol motifs (C(OH)–C–C–N with tert-alkyl or cyclic N) is 1. The van der Waals surface area contributed by atoms with Crippen LogP contribution in [-0.4, -0.2) is 44.2 Å². The molecule has 1 atom stereocenters. The van der Waals surface area contributed by atoms with Gasteiger partial charge in [-0.25, -0.2) is 9.50 Å². The van der Waals surface area contributed by atoms with Gasteiger partial charge in [0.1, 0.15) is 23.1 Å². The quantitative estimate of drug-likeness (QED) is 0.758. The second-order valence-electron chi connectivity index (χ2n) is 5.86. The molecule has 132 valence electrons. The van der Waals surface area contributed by atoms with Crippen molar-refractivity contribution in [3.05, 3.63) is 42.4 Å². The molecule has 0 spiro atoms. The third kappa shape index (κ3) is 2.96. The number of nitrogens with zero attached hydrogens (tertiary/aromatic N) is 5. The highest BCUT2D eigenvalue weighted by Crippen LogP contribution is 2.32. The molecule has 0 bridgehead atoms. The molecule has 1 saturated heterocycles. The van der Waals surface area contributed by atoms with Crippen molar-refractivity contribution >= 4 is 23.1 Å². The van der Waals surface area contributed by atoms with Crippen LogP contribution in [0.3, 0.4) is 0 Å². The third-order valence-corrected chi connectivity index (χ3v) is 5.19. The van der Waals surface area contributed by atoms with Gasteiger partial charge < -0.3 is 14.7 Å². The van der Waals surface area contributed by atoms with E-state index in [2.05, 4.69) is 16.2 Å². The molecule has 7 nitrogen and oxygen atoms in total. The molecule has 1 aliphatic heterocycles. The molecule has 0 unspecified atom stereocenters. The minimum Gasteiger partial charge on any atom is -0.492 e. The summed E-state index contributed by atoms with van der Waals surface area (Å²) in [4.78, 5) is 6.57. The maximum absolute atomic E-state index is 9.67. The molecule has 1 aliphatic rings. The minimum absolute atomic E-state index is 0.371. The van der Waals surface area contributed by atoms with Crippen LogP contribution >= 0.6 is 11.8 Å². The maximum atomic E-state index is 9.67.